The molecule has 0 spiro atoms. The van der Waals surface area contributed by atoms with Gasteiger partial charge in [-0.15, -0.1) is 0 Å². The second-order valence-corrected chi connectivity index (χ2v) is 7.08. The Morgan fingerprint density at radius 3 is 3.00 bits per heavy atom. The number of carbonyl (C=O) groups excluding carboxylic acids is 1. The molecule has 0 aromatic carbocycles. The number of allylic oxidation sites excluding steroid dienone is 1. The van der Waals surface area contributed by atoms with Crippen molar-refractivity contribution >= 4 is 5.91 Å². The molecule has 132 valence electrons. The van der Waals surface area contributed by atoms with Crippen LogP contribution in [0.2, 0.25) is 0 Å². The molecular formula is C18H33N3O2. The molecule has 1 fully saturated rings. The van der Waals surface area contributed by atoms with Crippen LogP contribution in [-0.4, -0.2) is 74.7 Å². The molecule has 0 saturated carbocycles. The number of likely N-dealkylation sites (N-methyl/N-ethyl adjacent to an activating group) is 1. The average Bonchev–Trinajstić information content (AvgIpc) is 2.54. The summed E-state index contributed by atoms with van der Waals surface area (Å²) in [4.78, 5) is 16.8. The van der Waals surface area contributed by atoms with Gasteiger partial charge in [-0.2, -0.15) is 0 Å². The monoisotopic (exact) mass is 323 g/mol. The van der Waals surface area contributed by atoms with Gasteiger partial charge in [0.15, 0.2) is 0 Å². The van der Waals surface area contributed by atoms with Crippen molar-refractivity contribution in [1.29, 1.82) is 0 Å². The molecule has 1 aliphatic carbocycles. The summed E-state index contributed by atoms with van der Waals surface area (Å²) in [7, 11) is 4.11. The molecule has 5 heteroatoms. The highest BCUT2D eigenvalue weighted by molar-refractivity contribution is 5.81. The van der Waals surface area contributed by atoms with Crippen molar-refractivity contribution in [1.82, 2.24) is 15.1 Å². The lowest BCUT2D eigenvalue weighted by Crippen LogP contribution is -2.54. The smallest absolute Gasteiger partial charge is 0.237 e. The van der Waals surface area contributed by atoms with Crippen molar-refractivity contribution < 1.29 is 9.53 Å². The number of rotatable bonds is 7. The van der Waals surface area contributed by atoms with Gasteiger partial charge in [0, 0.05) is 26.2 Å². The summed E-state index contributed by atoms with van der Waals surface area (Å²) in [5.74, 6) is 0.145. The molecule has 1 aliphatic heterocycles. The van der Waals surface area contributed by atoms with Gasteiger partial charge in [-0.3, -0.25) is 9.69 Å². The Morgan fingerprint density at radius 1 is 1.48 bits per heavy atom. The number of hydrogen-bond acceptors (Lipinski definition) is 4. The van der Waals surface area contributed by atoms with E-state index in [1.807, 2.05) is 6.92 Å². The van der Waals surface area contributed by atoms with Gasteiger partial charge in [0.2, 0.25) is 5.91 Å². The SMILES string of the molecule is C[C@@H](C(=O)NCCC1=CCCCC1)N1CCO[C@H](CN(C)C)C1. The quantitative estimate of drug-likeness (QED) is 0.724. The van der Waals surface area contributed by atoms with E-state index in [2.05, 4.69) is 35.3 Å². The maximum Gasteiger partial charge on any atom is 0.237 e. The number of nitrogens with one attached hydrogen (secondary N) is 1. The Labute approximate surface area is 141 Å². The Balaban J connectivity index is 1.71. The summed E-state index contributed by atoms with van der Waals surface area (Å²) in [6.45, 7) is 6.05. The molecule has 0 radical (unpaired) electrons. The van der Waals surface area contributed by atoms with E-state index in [-0.39, 0.29) is 18.1 Å². The summed E-state index contributed by atoms with van der Waals surface area (Å²) >= 11 is 0. The van der Waals surface area contributed by atoms with Crippen molar-refractivity contribution in [3.8, 4) is 0 Å². The van der Waals surface area contributed by atoms with E-state index < -0.39 is 0 Å². The van der Waals surface area contributed by atoms with Gasteiger partial charge in [-0.05, 0) is 53.1 Å². The zero-order valence-electron chi connectivity index (χ0n) is 15.0. The fourth-order valence-electron chi connectivity index (χ4n) is 3.40. The van der Waals surface area contributed by atoms with Gasteiger partial charge >= 0.3 is 0 Å². The predicted octanol–water partition coefficient (Wildman–Crippen LogP) is 1.64. The molecule has 1 N–H and O–H groups in total. The molecule has 2 rings (SSSR count). The number of hydrogen-bond donors (Lipinski definition) is 1. The highest BCUT2D eigenvalue weighted by Crippen LogP contribution is 2.19. The Morgan fingerprint density at radius 2 is 2.30 bits per heavy atom. The average molecular weight is 323 g/mol. The molecule has 2 aliphatic rings. The van der Waals surface area contributed by atoms with Gasteiger partial charge in [0.25, 0.3) is 0 Å². The largest absolute Gasteiger partial charge is 0.374 e. The fraction of sp³-hybridized carbons (Fsp3) is 0.833. The number of carbonyl (C=O) groups is 1. The number of ether oxygens (including phenoxy) is 1. The zero-order valence-corrected chi connectivity index (χ0v) is 15.0. The second kappa shape index (κ2) is 9.40. The highest BCUT2D eigenvalue weighted by atomic mass is 16.5. The third kappa shape index (κ3) is 6.24. The van der Waals surface area contributed by atoms with Gasteiger partial charge in [0.1, 0.15) is 0 Å². The van der Waals surface area contributed by atoms with Crippen LogP contribution in [-0.2, 0) is 9.53 Å². The zero-order chi connectivity index (χ0) is 16.7. The lowest BCUT2D eigenvalue weighted by atomic mass is 9.97. The predicted molar refractivity (Wildman–Crippen MR) is 93.5 cm³/mol. The molecule has 2 atom stereocenters. The van der Waals surface area contributed by atoms with Crippen LogP contribution in [0.3, 0.4) is 0 Å². The molecule has 5 nitrogen and oxygen atoms in total. The van der Waals surface area contributed by atoms with Crippen molar-refractivity contribution in [2.75, 3.05) is 46.9 Å². The Hall–Kier alpha value is -0.910. The Bertz CT molecular complexity index is 409. The minimum absolute atomic E-state index is 0.0797. The maximum absolute atomic E-state index is 12.4. The third-order valence-electron chi connectivity index (χ3n) is 4.80. The summed E-state index contributed by atoms with van der Waals surface area (Å²) in [5.41, 5.74) is 1.52. The Kier molecular flexibility index (Phi) is 7.53. The molecule has 1 amide bonds. The maximum atomic E-state index is 12.4. The van der Waals surface area contributed by atoms with Crippen LogP contribution in [0.4, 0.5) is 0 Å². The normalized spacial score (nSPS) is 24.3. The van der Waals surface area contributed by atoms with E-state index in [4.69, 9.17) is 4.74 Å². The van der Waals surface area contributed by atoms with Gasteiger partial charge in [0.05, 0.1) is 18.8 Å². The molecule has 0 bridgehead atoms. The highest BCUT2D eigenvalue weighted by Gasteiger charge is 2.27. The standard InChI is InChI=1S/C18H33N3O2/c1-15(21-11-12-23-17(14-21)13-20(2)3)18(22)19-10-9-16-7-5-4-6-8-16/h7,15,17H,4-6,8-14H2,1-3H3,(H,19,22)/t15-,17+/m0/s1. The third-order valence-corrected chi connectivity index (χ3v) is 4.80. The summed E-state index contributed by atoms with van der Waals surface area (Å²) in [6, 6.07) is -0.0797. The van der Waals surface area contributed by atoms with Crippen LogP contribution in [0, 0.1) is 0 Å². The van der Waals surface area contributed by atoms with Crippen molar-refractivity contribution in [2.45, 2.75) is 51.2 Å². The first kappa shape index (κ1) is 18.4. The van der Waals surface area contributed by atoms with Crippen molar-refractivity contribution in [3.63, 3.8) is 0 Å². The van der Waals surface area contributed by atoms with E-state index in [1.54, 1.807) is 0 Å². The topological polar surface area (TPSA) is 44.8 Å². The van der Waals surface area contributed by atoms with E-state index >= 15 is 0 Å². The lowest BCUT2D eigenvalue weighted by molar-refractivity contribution is -0.129. The molecule has 0 aromatic rings. The second-order valence-electron chi connectivity index (χ2n) is 7.08. The van der Waals surface area contributed by atoms with E-state index in [0.29, 0.717) is 6.61 Å². The van der Waals surface area contributed by atoms with Crippen LogP contribution in [0.1, 0.15) is 39.0 Å². The minimum Gasteiger partial charge on any atom is -0.374 e. The minimum atomic E-state index is -0.0797. The first-order valence-corrected chi connectivity index (χ1v) is 9.02. The van der Waals surface area contributed by atoms with Crippen LogP contribution < -0.4 is 5.32 Å². The molecule has 0 aromatic heterocycles. The van der Waals surface area contributed by atoms with E-state index in [0.717, 1.165) is 32.6 Å². The van der Waals surface area contributed by atoms with Gasteiger partial charge in [-0.1, -0.05) is 11.6 Å². The molecular weight excluding hydrogens is 290 g/mol. The first-order valence-electron chi connectivity index (χ1n) is 9.02. The van der Waals surface area contributed by atoms with Crippen molar-refractivity contribution in [3.05, 3.63) is 11.6 Å². The number of morpholine rings is 1. The van der Waals surface area contributed by atoms with Crippen LogP contribution in [0.5, 0.6) is 0 Å². The van der Waals surface area contributed by atoms with Crippen LogP contribution in [0.25, 0.3) is 0 Å². The molecule has 23 heavy (non-hydrogen) atoms. The van der Waals surface area contributed by atoms with E-state index in [9.17, 15) is 4.79 Å². The molecule has 0 unspecified atom stereocenters. The van der Waals surface area contributed by atoms with Crippen LogP contribution >= 0.6 is 0 Å². The molecule has 1 saturated heterocycles. The summed E-state index contributed by atoms with van der Waals surface area (Å²) in [6.07, 6.45) is 8.59. The molecule has 1 heterocycles. The first-order chi connectivity index (χ1) is 11.1. The van der Waals surface area contributed by atoms with Crippen molar-refractivity contribution in [2.24, 2.45) is 0 Å². The summed E-state index contributed by atoms with van der Waals surface area (Å²) in [5, 5.41) is 3.11. The lowest BCUT2D eigenvalue weighted by Gasteiger charge is -2.37. The van der Waals surface area contributed by atoms with Crippen LogP contribution in [0.15, 0.2) is 11.6 Å². The number of nitrogens with zero attached hydrogens (tertiary/aromatic N) is 2. The number of amides is 1. The fourth-order valence-corrected chi connectivity index (χ4v) is 3.40. The van der Waals surface area contributed by atoms with E-state index in [1.165, 1.54) is 31.3 Å². The summed E-state index contributed by atoms with van der Waals surface area (Å²) < 4.78 is 5.79. The van der Waals surface area contributed by atoms with Gasteiger partial charge in [-0.25, -0.2) is 0 Å². The van der Waals surface area contributed by atoms with Gasteiger partial charge < -0.3 is 15.0 Å².